The number of hydrogen-bond donors (Lipinski definition) is 2. The van der Waals surface area contributed by atoms with Gasteiger partial charge in [0.25, 0.3) is 5.91 Å². The zero-order valence-electron chi connectivity index (χ0n) is 19.2. The van der Waals surface area contributed by atoms with Crippen molar-refractivity contribution in [2.45, 2.75) is 30.6 Å². The summed E-state index contributed by atoms with van der Waals surface area (Å²) in [5.74, 6) is -0.364. The minimum Gasteiger partial charge on any atom is -0.352 e. The van der Waals surface area contributed by atoms with Crippen molar-refractivity contribution in [2.75, 3.05) is 59.4 Å². The second-order valence-corrected chi connectivity index (χ2v) is 10.9. The molecule has 2 aliphatic rings. The van der Waals surface area contributed by atoms with Gasteiger partial charge in [0.2, 0.25) is 15.6 Å². The Morgan fingerprint density at radius 3 is 2.48 bits per heavy atom. The number of nitrogens with zero attached hydrogens (tertiary/aromatic N) is 3. The first-order chi connectivity index (χ1) is 15.8. The largest absolute Gasteiger partial charge is 0.352 e. The summed E-state index contributed by atoms with van der Waals surface area (Å²) in [4.78, 5) is 32.6. The second-order valence-electron chi connectivity index (χ2n) is 8.97. The summed E-state index contributed by atoms with van der Waals surface area (Å²) in [7, 11) is -1.53. The van der Waals surface area contributed by atoms with Crippen LogP contribution < -0.4 is 10.9 Å². The maximum Gasteiger partial charge on any atom is 0.252 e. The van der Waals surface area contributed by atoms with Gasteiger partial charge in [-0.05, 0) is 51.1 Å². The number of pyridine rings is 1. The van der Waals surface area contributed by atoms with Gasteiger partial charge >= 0.3 is 0 Å². The van der Waals surface area contributed by atoms with Gasteiger partial charge < -0.3 is 20.1 Å². The number of piperazine rings is 1. The van der Waals surface area contributed by atoms with E-state index >= 15 is 0 Å². The lowest BCUT2D eigenvalue weighted by Crippen LogP contribution is -2.45. The van der Waals surface area contributed by atoms with Gasteiger partial charge in [0, 0.05) is 62.8 Å². The fourth-order valence-electron chi connectivity index (χ4n) is 4.51. The minimum atomic E-state index is -3.64. The van der Waals surface area contributed by atoms with Crippen LogP contribution in [0.4, 0.5) is 0 Å². The van der Waals surface area contributed by atoms with E-state index < -0.39 is 15.6 Å². The Balaban J connectivity index is 1.48. The normalized spacial score (nSPS) is 19.1. The van der Waals surface area contributed by atoms with Gasteiger partial charge in [0.1, 0.15) is 0 Å². The number of aromatic amines is 1. The van der Waals surface area contributed by atoms with Crippen LogP contribution in [0.2, 0.25) is 0 Å². The third-order valence-electron chi connectivity index (χ3n) is 6.54. The Hall–Kier alpha value is -2.27. The maximum absolute atomic E-state index is 13.1. The van der Waals surface area contributed by atoms with Crippen molar-refractivity contribution < 1.29 is 13.2 Å². The molecule has 0 saturated carbocycles. The van der Waals surface area contributed by atoms with E-state index in [0.29, 0.717) is 30.5 Å². The highest BCUT2D eigenvalue weighted by atomic mass is 32.2. The van der Waals surface area contributed by atoms with Crippen LogP contribution in [0.5, 0.6) is 0 Å². The summed E-state index contributed by atoms with van der Waals surface area (Å²) in [6.07, 6.45) is 3.54. The number of benzene rings is 1. The molecule has 0 unspecified atom stereocenters. The summed E-state index contributed by atoms with van der Waals surface area (Å²) < 4.78 is 27.7. The number of aromatic nitrogens is 1. The molecule has 9 nitrogen and oxygen atoms in total. The maximum atomic E-state index is 13.1. The molecule has 1 aromatic heterocycles. The molecule has 10 heteroatoms. The van der Waals surface area contributed by atoms with Crippen LogP contribution in [-0.4, -0.2) is 92.8 Å². The third kappa shape index (κ3) is 5.63. The van der Waals surface area contributed by atoms with Crippen molar-refractivity contribution in [1.29, 1.82) is 0 Å². The van der Waals surface area contributed by atoms with E-state index in [2.05, 4.69) is 27.1 Å². The van der Waals surface area contributed by atoms with Gasteiger partial charge in [0.15, 0.2) is 0 Å². The Morgan fingerprint density at radius 2 is 1.76 bits per heavy atom. The van der Waals surface area contributed by atoms with E-state index in [1.165, 1.54) is 22.5 Å². The third-order valence-corrected chi connectivity index (χ3v) is 8.44. The van der Waals surface area contributed by atoms with Crippen LogP contribution in [0, 0.1) is 0 Å². The predicted molar refractivity (Wildman–Crippen MR) is 128 cm³/mol. The van der Waals surface area contributed by atoms with Crippen LogP contribution in [-0.2, 0) is 10.0 Å². The van der Waals surface area contributed by atoms with Gasteiger partial charge in [-0.2, -0.15) is 4.31 Å². The van der Waals surface area contributed by atoms with E-state index in [0.717, 1.165) is 58.4 Å². The molecule has 1 aromatic carbocycles. The molecular weight excluding hydrogens is 442 g/mol. The molecule has 4 rings (SSSR count). The molecular formula is C23H33N5O4S. The molecule has 33 heavy (non-hydrogen) atoms. The van der Waals surface area contributed by atoms with Crippen LogP contribution in [0.15, 0.2) is 34.0 Å². The molecule has 1 amide bonds. The topological polar surface area (TPSA) is 106 Å². The molecule has 0 bridgehead atoms. The van der Waals surface area contributed by atoms with Gasteiger partial charge in [0.05, 0.1) is 10.5 Å². The number of rotatable bonds is 7. The smallest absolute Gasteiger partial charge is 0.252 e. The molecule has 2 aliphatic heterocycles. The zero-order chi connectivity index (χ0) is 23.4. The number of carbonyl (C=O) groups excluding carboxylic acids is 1. The molecule has 3 heterocycles. The van der Waals surface area contributed by atoms with Crippen LogP contribution in [0.1, 0.15) is 36.0 Å². The molecule has 2 N–H and O–H groups in total. The Labute approximate surface area is 194 Å². The summed E-state index contributed by atoms with van der Waals surface area (Å²) >= 11 is 0. The zero-order valence-corrected chi connectivity index (χ0v) is 20.0. The van der Waals surface area contributed by atoms with Crippen molar-refractivity contribution in [3.8, 4) is 0 Å². The number of H-pyrrole nitrogens is 1. The van der Waals surface area contributed by atoms with Gasteiger partial charge in [-0.1, -0.05) is 6.42 Å². The molecule has 2 aromatic rings. The average molecular weight is 476 g/mol. The highest BCUT2D eigenvalue weighted by Gasteiger charge is 2.26. The van der Waals surface area contributed by atoms with E-state index in [1.807, 2.05) is 0 Å². The van der Waals surface area contributed by atoms with E-state index in [4.69, 9.17) is 0 Å². The monoisotopic (exact) mass is 475 g/mol. The second kappa shape index (κ2) is 10.3. The molecule has 0 atom stereocenters. The Bertz CT molecular complexity index is 1150. The number of carbonyl (C=O) groups is 1. The van der Waals surface area contributed by atoms with Gasteiger partial charge in [-0.3, -0.25) is 9.59 Å². The lowest BCUT2D eigenvalue weighted by molar-refractivity contribution is 0.0951. The van der Waals surface area contributed by atoms with E-state index in [9.17, 15) is 18.0 Å². The molecule has 2 fully saturated rings. The molecule has 2 saturated heterocycles. The Kier molecular flexibility index (Phi) is 7.48. The van der Waals surface area contributed by atoms with Crippen LogP contribution >= 0.6 is 0 Å². The average Bonchev–Trinajstić information content (AvgIpc) is 2.82. The lowest BCUT2D eigenvalue weighted by atomic mass is 10.1. The molecule has 180 valence electrons. The molecule has 0 aliphatic carbocycles. The summed E-state index contributed by atoms with van der Waals surface area (Å²) in [6.45, 7) is 6.56. The van der Waals surface area contributed by atoms with Crippen LogP contribution in [0.3, 0.4) is 0 Å². The summed E-state index contributed by atoms with van der Waals surface area (Å²) in [5.41, 5.74) is 0.253. The first-order valence-corrected chi connectivity index (χ1v) is 13.1. The van der Waals surface area contributed by atoms with Crippen molar-refractivity contribution in [2.24, 2.45) is 0 Å². The number of likely N-dealkylation sites (N-methyl/N-ethyl adjacent to an activating group) is 1. The number of fused-ring (bicyclic) bond motifs is 1. The predicted octanol–water partition coefficient (Wildman–Crippen LogP) is 1.07. The van der Waals surface area contributed by atoms with Crippen molar-refractivity contribution in [3.63, 3.8) is 0 Å². The fourth-order valence-corrected chi connectivity index (χ4v) is 6.05. The number of nitrogens with one attached hydrogen (secondary N) is 2. The molecule has 0 spiro atoms. The SMILES string of the molecule is CN1CCN(CCCNC(=O)c2cc(=O)[nH]c3ccc(S(=O)(=O)N4CCCCC4)cc23)CC1. The quantitative estimate of drug-likeness (QED) is 0.581. The van der Waals surface area contributed by atoms with Gasteiger partial charge in [-0.25, -0.2) is 8.42 Å². The summed E-state index contributed by atoms with van der Waals surface area (Å²) in [6, 6.07) is 5.82. The van der Waals surface area contributed by atoms with E-state index in [1.54, 1.807) is 6.07 Å². The van der Waals surface area contributed by atoms with Crippen molar-refractivity contribution in [1.82, 2.24) is 24.4 Å². The number of sulfonamides is 1. The van der Waals surface area contributed by atoms with Crippen molar-refractivity contribution >= 4 is 26.8 Å². The number of hydrogen-bond acceptors (Lipinski definition) is 6. The lowest BCUT2D eigenvalue weighted by Gasteiger charge is -2.32. The molecule has 0 radical (unpaired) electrons. The highest BCUT2D eigenvalue weighted by Crippen LogP contribution is 2.25. The fraction of sp³-hybridized carbons (Fsp3) is 0.565. The number of piperidine rings is 1. The van der Waals surface area contributed by atoms with Crippen molar-refractivity contribution in [3.05, 3.63) is 40.2 Å². The van der Waals surface area contributed by atoms with Gasteiger partial charge in [-0.15, -0.1) is 0 Å². The number of amides is 1. The van der Waals surface area contributed by atoms with E-state index in [-0.39, 0.29) is 16.4 Å². The highest BCUT2D eigenvalue weighted by molar-refractivity contribution is 7.89. The standard InChI is InChI=1S/C23H33N5O4S/c1-26-12-14-27(15-13-26)9-5-8-24-23(30)20-17-22(29)25-21-7-6-18(16-19(20)21)33(31,32)28-10-3-2-4-11-28/h6-7,16-17H,2-5,8-15H2,1H3,(H,24,30)(H,25,29). The minimum absolute atomic E-state index is 0.146. The first-order valence-electron chi connectivity index (χ1n) is 11.7. The first kappa shape index (κ1) is 23.9. The van der Waals surface area contributed by atoms with Crippen LogP contribution in [0.25, 0.3) is 10.9 Å². The summed E-state index contributed by atoms with van der Waals surface area (Å²) in [5, 5.41) is 3.33. The Morgan fingerprint density at radius 1 is 1.03 bits per heavy atom.